The summed E-state index contributed by atoms with van der Waals surface area (Å²) in [5, 5.41) is 13.8. The molecule has 1 saturated heterocycles. The Kier molecular flexibility index (Phi) is 5.90. The van der Waals surface area contributed by atoms with Crippen molar-refractivity contribution in [3.63, 3.8) is 0 Å². The van der Waals surface area contributed by atoms with Crippen LogP contribution in [-0.4, -0.2) is 53.2 Å². The maximum atomic E-state index is 15.0. The van der Waals surface area contributed by atoms with Crippen LogP contribution >= 0.6 is 0 Å². The molecule has 0 atom stereocenters. The first-order valence-electron chi connectivity index (χ1n) is 11.1. The van der Waals surface area contributed by atoms with Crippen molar-refractivity contribution in [2.24, 2.45) is 0 Å². The van der Waals surface area contributed by atoms with Crippen molar-refractivity contribution in [1.29, 1.82) is 0 Å². The van der Waals surface area contributed by atoms with E-state index in [0.29, 0.717) is 17.2 Å². The zero-order chi connectivity index (χ0) is 22.8. The standard InChI is InChI=1S/C26H26FN5O/c1-31-11-13-32(14-12-31)21-9-10-23(22(27)15-21)29-26-28-16-19-7-8-20(17-33)24(25(19)30-26)18-5-3-2-4-6-18/h2-10,15-16,33H,11-14,17H2,1H3,(H,28,29,30). The molecule has 1 aliphatic heterocycles. The van der Waals surface area contributed by atoms with Crippen molar-refractivity contribution in [2.75, 3.05) is 43.4 Å². The average Bonchev–Trinajstić information content (AvgIpc) is 2.85. The lowest BCUT2D eigenvalue weighted by Gasteiger charge is -2.34. The van der Waals surface area contributed by atoms with Crippen LogP contribution in [0.2, 0.25) is 0 Å². The molecule has 0 aliphatic carbocycles. The molecule has 33 heavy (non-hydrogen) atoms. The van der Waals surface area contributed by atoms with E-state index in [-0.39, 0.29) is 12.4 Å². The maximum Gasteiger partial charge on any atom is 0.227 e. The number of halogens is 1. The Bertz CT molecular complexity index is 1270. The summed E-state index contributed by atoms with van der Waals surface area (Å²) in [4.78, 5) is 13.6. The molecule has 2 N–H and O–H groups in total. The molecule has 5 rings (SSSR count). The number of likely N-dealkylation sites (N-methyl/N-ethyl adjacent to an activating group) is 1. The average molecular weight is 444 g/mol. The van der Waals surface area contributed by atoms with Gasteiger partial charge in [-0.05, 0) is 36.4 Å². The Morgan fingerprint density at radius 3 is 2.52 bits per heavy atom. The minimum atomic E-state index is -0.345. The Morgan fingerprint density at radius 1 is 1.00 bits per heavy atom. The normalized spacial score (nSPS) is 14.6. The number of rotatable bonds is 5. The van der Waals surface area contributed by atoms with Gasteiger partial charge in [-0.3, -0.25) is 0 Å². The number of hydrogen-bond donors (Lipinski definition) is 2. The van der Waals surface area contributed by atoms with Crippen molar-refractivity contribution in [3.8, 4) is 11.1 Å². The van der Waals surface area contributed by atoms with Gasteiger partial charge in [0.1, 0.15) is 5.82 Å². The lowest BCUT2D eigenvalue weighted by Crippen LogP contribution is -2.44. The topological polar surface area (TPSA) is 64.5 Å². The quantitative estimate of drug-likeness (QED) is 0.476. The third-order valence-electron chi connectivity index (χ3n) is 6.14. The third kappa shape index (κ3) is 4.37. The molecule has 0 bridgehead atoms. The molecule has 7 heteroatoms. The van der Waals surface area contributed by atoms with Crippen LogP contribution in [0, 0.1) is 5.82 Å². The number of hydrogen-bond acceptors (Lipinski definition) is 6. The van der Waals surface area contributed by atoms with E-state index in [1.165, 1.54) is 0 Å². The van der Waals surface area contributed by atoms with Crippen LogP contribution in [0.3, 0.4) is 0 Å². The molecule has 1 fully saturated rings. The van der Waals surface area contributed by atoms with Crippen LogP contribution < -0.4 is 10.2 Å². The van der Waals surface area contributed by atoms with Crippen LogP contribution in [0.5, 0.6) is 0 Å². The second-order valence-electron chi connectivity index (χ2n) is 8.33. The highest BCUT2D eigenvalue weighted by molar-refractivity contribution is 5.95. The van der Waals surface area contributed by atoms with Gasteiger partial charge in [-0.15, -0.1) is 0 Å². The minimum Gasteiger partial charge on any atom is -0.392 e. The summed E-state index contributed by atoms with van der Waals surface area (Å²) in [6, 6.07) is 18.8. The van der Waals surface area contributed by atoms with Gasteiger partial charge < -0.3 is 20.2 Å². The number of benzene rings is 3. The van der Waals surface area contributed by atoms with E-state index in [1.54, 1.807) is 18.3 Å². The summed E-state index contributed by atoms with van der Waals surface area (Å²) < 4.78 is 15.0. The summed E-state index contributed by atoms with van der Waals surface area (Å²) >= 11 is 0. The largest absolute Gasteiger partial charge is 0.392 e. The number of nitrogens with zero attached hydrogens (tertiary/aromatic N) is 4. The molecule has 1 aliphatic rings. The molecule has 0 radical (unpaired) electrons. The number of fused-ring (bicyclic) bond motifs is 1. The molecular weight excluding hydrogens is 417 g/mol. The van der Waals surface area contributed by atoms with E-state index in [1.807, 2.05) is 48.5 Å². The lowest BCUT2D eigenvalue weighted by atomic mass is 9.97. The fraction of sp³-hybridized carbons (Fsp3) is 0.231. The highest BCUT2D eigenvalue weighted by Gasteiger charge is 2.17. The summed E-state index contributed by atoms with van der Waals surface area (Å²) in [6.45, 7) is 3.59. The number of nitrogens with one attached hydrogen (secondary N) is 1. The van der Waals surface area contributed by atoms with Crippen LogP contribution in [-0.2, 0) is 6.61 Å². The van der Waals surface area contributed by atoms with Gasteiger partial charge in [0.05, 0.1) is 17.8 Å². The fourth-order valence-corrected chi connectivity index (χ4v) is 4.25. The predicted octanol–water partition coefficient (Wildman–Crippen LogP) is 4.42. The first kappa shape index (κ1) is 21.3. The Morgan fingerprint density at radius 2 is 1.79 bits per heavy atom. The van der Waals surface area contributed by atoms with Crippen LogP contribution in [0.4, 0.5) is 21.7 Å². The molecule has 6 nitrogen and oxygen atoms in total. The van der Waals surface area contributed by atoms with Crippen LogP contribution in [0.25, 0.3) is 22.0 Å². The highest BCUT2D eigenvalue weighted by atomic mass is 19.1. The number of aromatic nitrogens is 2. The van der Waals surface area contributed by atoms with Gasteiger partial charge in [0, 0.05) is 49.0 Å². The minimum absolute atomic E-state index is 0.102. The Labute approximate surface area is 192 Å². The summed E-state index contributed by atoms with van der Waals surface area (Å²) in [5.41, 5.74) is 4.50. The third-order valence-corrected chi connectivity index (χ3v) is 6.14. The van der Waals surface area contributed by atoms with Crippen molar-refractivity contribution in [1.82, 2.24) is 14.9 Å². The van der Waals surface area contributed by atoms with Crippen LogP contribution in [0.1, 0.15) is 5.56 Å². The number of anilines is 3. The van der Waals surface area contributed by atoms with Crippen LogP contribution in [0.15, 0.2) is 66.9 Å². The molecule has 0 amide bonds. The molecule has 3 aromatic carbocycles. The zero-order valence-corrected chi connectivity index (χ0v) is 18.5. The van der Waals surface area contributed by atoms with E-state index >= 15 is 0 Å². The predicted molar refractivity (Wildman–Crippen MR) is 130 cm³/mol. The summed E-state index contributed by atoms with van der Waals surface area (Å²) in [6.07, 6.45) is 1.72. The SMILES string of the molecule is CN1CCN(c2ccc(Nc3ncc4ccc(CO)c(-c5ccccc5)c4n3)c(F)c2)CC1. The lowest BCUT2D eigenvalue weighted by molar-refractivity contribution is 0.282. The molecule has 0 unspecified atom stereocenters. The molecular formula is C26H26FN5O. The monoisotopic (exact) mass is 443 g/mol. The van der Waals surface area contributed by atoms with E-state index in [9.17, 15) is 9.50 Å². The second-order valence-corrected chi connectivity index (χ2v) is 8.33. The fourth-order valence-electron chi connectivity index (χ4n) is 4.25. The second kappa shape index (κ2) is 9.13. The van der Waals surface area contributed by atoms with Gasteiger partial charge in [0.2, 0.25) is 5.95 Å². The Hall–Kier alpha value is -3.55. The molecule has 4 aromatic rings. The van der Waals surface area contributed by atoms with E-state index in [4.69, 9.17) is 4.98 Å². The van der Waals surface area contributed by atoms with Crippen molar-refractivity contribution in [2.45, 2.75) is 6.61 Å². The number of piperazine rings is 1. The van der Waals surface area contributed by atoms with E-state index in [2.05, 4.69) is 27.1 Å². The van der Waals surface area contributed by atoms with Crippen molar-refractivity contribution < 1.29 is 9.50 Å². The summed E-state index contributed by atoms with van der Waals surface area (Å²) in [5.74, 6) is -0.0384. The van der Waals surface area contributed by atoms with E-state index in [0.717, 1.165) is 53.9 Å². The molecule has 0 saturated carbocycles. The first-order chi connectivity index (χ1) is 16.1. The van der Waals surface area contributed by atoms with Crippen molar-refractivity contribution >= 4 is 28.2 Å². The molecule has 0 spiro atoms. The first-order valence-corrected chi connectivity index (χ1v) is 11.1. The maximum absolute atomic E-state index is 15.0. The molecule has 1 aromatic heterocycles. The summed E-state index contributed by atoms with van der Waals surface area (Å²) in [7, 11) is 2.10. The van der Waals surface area contributed by atoms with Crippen molar-refractivity contribution in [3.05, 3.63) is 78.2 Å². The highest BCUT2D eigenvalue weighted by Crippen LogP contribution is 2.32. The van der Waals surface area contributed by atoms with Gasteiger partial charge in [0.15, 0.2) is 0 Å². The van der Waals surface area contributed by atoms with Gasteiger partial charge >= 0.3 is 0 Å². The van der Waals surface area contributed by atoms with E-state index < -0.39 is 0 Å². The molecule has 168 valence electrons. The number of aliphatic hydroxyl groups excluding tert-OH is 1. The van der Waals surface area contributed by atoms with Gasteiger partial charge in [-0.25, -0.2) is 14.4 Å². The van der Waals surface area contributed by atoms with Gasteiger partial charge in [0.25, 0.3) is 0 Å². The van der Waals surface area contributed by atoms with Gasteiger partial charge in [-0.1, -0.05) is 42.5 Å². The molecule has 2 heterocycles. The Balaban J connectivity index is 1.47. The number of aliphatic hydroxyl groups is 1. The smallest absolute Gasteiger partial charge is 0.227 e. The van der Waals surface area contributed by atoms with Gasteiger partial charge in [-0.2, -0.15) is 0 Å². The zero-order valence-electron chi connectivity index (χ0n) is 18.5.